The second-order valence-electron chi connectivity index (χ2n) is 10.8. The Hall–Kier alpha value is -2.76. The van der Waals surface area contributed by atoms with Crippen LogP contribution in [0.4, 0.5) is 17.1 Å². The van der Waals surface area contributed by atoms with E-state index in [1.807, 2.05) is 0 Å². The summed E-state index contributed by atoms with van der Waals surface area (Å²) in [6.07, 6.45) is 5.26. The average Bonchev–Trinajstić information content (AvgIpc) is 3.31. The number of fused-ring (bicyclic) bond motifs is 2. The van der Waals surface area contributed by atoms with Gasteiger partial charge in [-0.15, -0.1) is 0 Å². The Labute approximate surface area is 216 Å². The van der Waals surface area contributed by atoms with Crippen molar-refractivity contribution in [2.24, 2.45) is 11.8 Å². The topological polar surface area (TPSA) is 50.2 Å². The molecule has 5 nitrogen and oxygen atoms in total. The van der Waals surface area contributed by atoms with E-state index in [1.165, 1.54) is 28.3 Å². The van der Waals surface area contributed by atoms with Crippen LogP contribution in [0.5, 0.6) is 0 Å². The Morgan fingerprint density at radius 2 is 1.28 bits per heavy atom. The molecule has 0 bridgehead atoms. The number of allylic oxidation sites excluding steroid dienone is 1. The van der Waals surface area contributed by atoms with E-state index in [9.17, 15) is 10.2 Å². The molecule has 0 saturated heterocycles. The monoisotopic (exact) mass is 487 g/mol. The van der Waals surface area contributed by atoms with Crippen molar-refractivity contribution in [3.8, 4) is 0 Å². The number of aliphatic hydroxyl groups excluding tert-OH is 2. The van der Waals surface area contributed by atoms with Crippen molar-refractivity contribution in [1.29, 1.82) is 0 Å². The van der Waals surface area contributed by atoms with Crippen molar-refractivity contribution in [3.63, 3.8) is 0 Å². The molecule has 3 aliphatic rings. The van der Waals surface area contributed by atoms with E-state index in [0.717, 1.165) is 38.3 Å². The number of benzene rings is 2. The molecule has 1 saturated carbocycles. The van der Waals surface area contributed by atoms with Crippen molar-refractivity contribution in [1.82, 2.24) is 0 Å². The number of aliphatic hydroxyl groups is 2. The lowest BCUT2D eigenvalue weighted by Crippen LogP contribution is -2.54. The van der Waals surface area contributed by atoms with Crippen LogP contribution in [0.15, 0.2) is 72.2 Å². The van der Waals surface area contributed by atoms with Crippen LogP contribution in [0, 0.1) is 11.8 Å². The van der Waals surface area contributed by atoms with Crippen LogP contribution < -0.4 is 14.7 Å². The van der Waals surface area contributed by atoms with E-state index >= 15 is 0 Å². The summed E-state index contributed by atoms with van der Waals surface area (Å²) in [4.78, 5) is 6.98. The fourth-order valence-electron chi connectivity index (χ4n) is 6.38. The normalized spacial score (nSPS) is 27.4. The summed E-state index contributed by atoms with van der Waals surface area (Å²) in [5.41, 5.74) is 5.97. The molecule has 0 radical (unpaired) electrons. The highest BCUT2D eigenvalue weighted by Crippen LogP contribution is 2.50. The fraction of sp³-hybridized carbons (Fsp3) is 0.484. The second kappa shape index (κ2) is 9.60. The van der Waals surface area contributed by atoms with E-state index in [2.05, 4.69) is 110 Å². The van der Waals surface area contributed by atoms with E-state index < -0.39 is 12.2 Å². The molecule has 192 valence electrons. The maximum atomic E-state index is 11.3. The zero-order valence-corrected chi connectivity index (χ0v) is 22.4. The maximum Gasteiger partial charge on any atom is 0.109 e. The molecule has 2 N–H and O–H groups in total. The van der Waals surface area contributed by atoms with Gasteiger partial charge in [-0.05, 0) is 50.1 Å². The lowest BCUT2D eigenvalue weighted by molar-refractivity contribution is -0.111. The van der Waals surface area contributed by atoms with Gasteiger partial charge in [-0.2, -0.15) is 0 Å². The molecule has 2 aromatic carbocycles. The highest BCUT2D eigenvalue weighted by Gasteiger charge is 2.50. The Kier molecular flexibility index (Phi) is 6.65. The van der Waals surface area contributed by atoms with Crippen LogP contribution in [0.1, 0.15) is 53.0 Å². The Bertz CT molecular complexity index is 1130. The molecule has 36 heavy (non-hydrogen) atoms. The molecule has 0 amide bonds. The Morgan fingerprint density at radius 3 is 1.83 bits per heavy atom. The highest BCUT2D eigenvalue weighted by molar-refractivity contribution is 5.82. The average molecular weight is 488 g/mol. The smallest absolute Gasteiger partial charge is 0.109 e. The van der Waals surface area contributed by atoms with Crippen molar-refractivity contribution in [3.05, 3.63) is 77.8 Å². The third kappa shape index (κ3) is 3.75. The Balaban J connectivity index is 1.44. The molecule has 1 aliphatic carbocycles. The van der Waals surface area contributed by atoms with E-state index in [4.69, 9.17) is 0 Å². The second-order valence-corrected chi connectivity index (χ2v) is 10.8. The molecule has 2 atom stereocenters. The molecular formula is C31H41N3O2. The van der Waals surface area contributed by atoms with Gasteiger partial charge in [0.15, 0.2) is 0 Å². The SMILES string of the molecule is CCCCN1C(=CC2C(O)C(C=C3N(CC)c4ccccc4N3CC)C2O)C(C)(C)c2ccccc21. The standard InChI is InChI=1S/C31H41N3O2/c1-6-9-18-34-24-15-11-10-14-23(24)31(4,5)27(34)19-21-29(35)22(30(21)36)20-28-32(7-2)25-16-12-13-17-26(25)33(28)8-3/h10-17,19-22,29-30,35-36H,6-9,18H2,1-5H3. The first kappa shape index (κ1) is 24.9. The molecule has 2 aliphatic heterocycles. The predicted molar refractivity (Wildman–Crippen MR) is 149 cm³/mol. The molecule has 0 aromatic heterocycles. The lowest BCUT2D eigenvalue weighted by atomic mass is 9.67. The van der Waals surface area contributed by atoms with Gasteiger partial charge in [-0.25, -0.2) is 0 Å². The summed E-state index contributed by atoms with van der Waals surface area (Å²) in [6.45, 7) is 13.7. The van der Waals surface area contributed by atoms with Gasteiger partial charge in [-0.3, -0.25) is 0 Å². The summed E-state index contributed by atoms with van der Waals surface area (Å²) < 4.78 is 0. The first-order valence-corrected chi connectivity index (χ1v) is 13.7. The van der Waals surface area contributed by atoms with Gasteiger partial charge in [0.05, 0.1) is 23.6 Å². The highest BCUT2D eigenvalue weighted by atomic mass is 16.3. The minimum atomic E-state index is -0.617. The minimum absolute atomic E-state index is 0.168. The number of unbranched alkanes of at least 4 members (excludes halogenated alkanes) is 1. The van der Waals surface area contributed by atoms with Gasteiger partial charge in [0.2, 0.25) is 0 Å². The summed E-state index contributed by atoms with van der Waals surface area (Å²) in [5, 5.41) is 22.7. The van der Waals surface area contributed by atoms with Crippen LogP contribution in [-0.4, -0.2) is 42.1 Å². The van der Waals surface area contributed by atoms with E-state index in [0.29, 0.717) is 0 Å². The number of rotatable bonds is 7. The summed E-state index contributed by atoms with van der Waals surface area (Å²) >= 11 is 0. The van der Waals surface area contributed by atoms with Crippen molar-refractivity contribution < 1.29 is 10.2 Å². The zero-order valence-electron chi connectivity index (χ0n) is 22.4. The van der Waals surface area contributed by atoms with Gasteiger partial charge in [0, 0.05) is 48.3 Å². The first-order chi connectivity index (χ1) is 17.3. The molecule has 0 spiro atoms. The predicted octanol–water partition coefficient (Wildman–Crippen LogP) is 5.64. The molecule has 2 heterocycles. The van der Waals surface area contributed by atoms with Crippen LogP contribution in [0.2, 0.25) is 0 Å². The Morgan fingerprint density at radius 1 is 0.750 bits per heavy atom. The van der Waals surface area contributed by atoms with E-state index in [-0.39, 0.29) is 17.3 Å². The third-order valence-corrected chi connectivity index (χ3v) is 8.45. The van der Waals surface area contributed by atoms with Crippen molar-refractivity contribution in [2.45, 2.75) is 65.1 Å². The van der Waals surface area contributed by atoms with E-state index in [1.54, 1.807) is 0 Å². The number of anilines is 3. The largest absolute Gasteiger partial charge is 0.392 e. The van der Waals surface area contributed by atoms with Gasteiger partial charge >= 0.3 is 0 Å². The maximum absolute atomic E-state index is 11.3. The molecule has 5 rings (SSSR count). The molecule has 1 fully saturated rings. The summed E-state index contributed by atoms with van der Waals surface area (Å²) in [6, 6.07) is 17.1. The number of hydrogen-bond acceptors (Lipinski definition) is 5. The minimum Gasteiger partial charge on any atom is -0.392 e. The fourth-order valence-corrected chi connectivity index (χ4v) is 6.38. The first-order valence-electron chi connectivity index (χ1n) is 13.7. The van der Waals surface area contributed by atoms with Gasteiger partial charge in [0.25, 0.3) is 0 Å². The van der Waals surface area contributed by atoms with Crippen molar-refractivity contribution >= 4 is 17.1 Å². The zero-order chi connectivity index (χ0) is 25.6. The third-order valence-electron chi connectivity index (χ3n) is 8.45. The molecular weight excluding hydrogens is 446 g/mol. The van der Waals surface area contributed by atoms with Gasteiger partial charge in [-0.1, -0.05) is 63.6 Å². The molecule has 5 heteroatoms. The van der Waals surface area contributed by atoms with Gasteiger partial charge < -0.3 is 24.9 Å². The van der Waals surface area contributed by atoms with Crippen LogP contribution in [0.25, 0.3) is 0 Å². The lowest BCUT2D eigenvalue weighted by Gasteiger charge is -2.45. The molecule has 2 aromatic rings. The van der Waals surface area contributed by atoms with Crippen LogP contribution in [-0.2, 0) is 5.41 Å². The summed E-state index contributed by atoms with van der Waals surface area (Å²) in [5.74, 6) is 0.484. The van der Waals surface area contributed by atoms with Crippen LogP contribution in [0.3, 0.4) is 0 Å². The number of hydrogen-bond donors (Lipinski definition) is 2. The number of nitrogens with zero attached hydrogens (tertiary/aromatic N) is 3. The van der Waals surface area contributed by atoms with Crippen LogP contribution >= 0.6 is 0 Å². The van der Waals surface area contributed by atoms with Crippen molar-refractivity contribution in [2.75, 3.05) is 34.3 Å². The summed E-state index contributed by atoms with van der Waals surface area (Å²) in [7, 11) is 0. The number of para-hydroxylation sites is 3. The van der Waals surface area contributed by atoms with Gasteiger partial charge in [0.1, 0.15) is 5.82 Å². The molecule has 2 unspecified atom stereocenters. The quantitative estimate of drug-likeness (QED) is 0.529.